The molecule has 4 rings (SSSR count). The second-order valence-corrected chi connectivity index (χ2v) is 11.8. The van der Waals surface area contributed by atoms with Crippen molar-refractivity contribution in [2.75, 3.05) is 23.1 Å². The number of thioether (sulfide) groups is 1. The molecular formula is C23H27ClN2O4S2. The fraction of sp³-hybridized carbons (Fsp3) is 0.435. The van der Waals surface area contributed by atoms with E-state index in [1.807, 2.05) is 18.7 Å². The molecule has 1 saturated carbocycles. The van der Waals surface area contributed by atoms with Gasteiger partial charge in [0.1, 0.15) is 5.75 Å². The first-order valence-corrected chi connectivity index (χ1v) is 13.7. The lowest BCUT2D eigenvalue weighted by molar-refractivity contribution is -0.127. The molecule has 0 radical (unpaired) electrons. The van der Waals surface area contributed by atoms with Crippen molar-refractivity contribution in [1.29, 1.82) is 0 Å². The van der Waals surface area contributed by atoms with Crippen LogP contribution in [0.4, 0.5) is 5.69 Å². The van der Waals surface area contributed by atoms with Crippen LogP contribution in [0.1, 0.15) is 31.2 Å². The number of benzene rings is 2. The van der Waals surface area contributed by atoms with E-state index in [4.69, 9.17) is 16.3 Å². The van der Waals surface area contributed by atoms with Crippen molar-refractivity contribution in [3.8, 4) is 5.75 Å². The fourth-order valence-electron chi connectivity index (χ4n) is 3.99. The number of fused-ring (bicyclic) bond motifs is 1. The van der Waals surface area contributed by atoms with Crippen molar-refractivity contribution in [2.45, 2.75) is 48.9 Å². The summed E-state index contributed by atoms with van der Waals surface area (Å²) in [5.41, 5.74) is 1.29. The maximum atomic E-state index is 13.4. The number of carbonyl (C=O) groups is 1. The maximum absolute atomic E-state index is 13.4. The van der Waals surface area contributed by atoms with Crippen LogP contribution in [-0.4, -0.2) is 44.5 Å². The lowest BCUT2D eigenvalue weighted by Crippen LogP contribution is -2.51. The monoisotopic (exact) mass is 494 g/mol. The number of carbonyl (C=O) groups excluding carboxylic acids is 1. The van der Waals surface area contributed by atoms with E-state index >= 15 is 0 Å². The molecule has 1 aliphatic carbocycles. The highest BCUT2D eigenvalue weighted by Crippen LogP contribution is 2.39. The summed E-state index contributed by atoms with van der Waals surface area (Å²) < 4.78 is 34.0. The number of nitrogens with one attached hydrogen (secondary N) is 1. The molecule has 0 aromatic heterocycles. The van der Waals surface area contributed by atoms with E-state index < -0.39 is 16.1 Å². The van der Waals surface area contributed by atoms with Gasteiger partial charge in [-0.05, 0) is 50.1 Å². The van der Waals surface area contributed by atoms with Crippen LogP contribution in [0.3, 0.4) is 0 Å². The zero-order valence-corrected chi connectivity index (χ0v) is 20.3. The molecule has 0 spiro atoms. The van der Waals surface area contributed by atoms with Crippen molar-refractivity contribution < 1.29 is 17.9 Å². The summed E-state index contributed by atoms with van der Waals surface area (Å²) >= 11 is 8.03. The quantitative estimate of drug-likeness (QED) is 0.577. The van der Waals surface area contributed by atoms with E-state index in [-0.39, 0.29) is 17.3 Å². The van der Waals surface area contributed by atoms with Crippen LogP contribution in [0.25, 0.3) is 0 Å². The normalized spacial score (nSPS) is 18.8. The Labute approximate surface area is 198 Å². The molecule has 2 aromatic carbocycles. The highest BCUT2D eigenvalue weighted by Gasteiger charge is 2.37. The molecular weight excluding hydrogens is 468 g/mol. The highest BCUT2D eigenvalue weighted by atomic mass is 35.5. The molecule has 0 unspecified atom stereocenters. The Morgan fingerprint density at radius 1 is 1.19 bits per heavy atom. The Morgan fingerprint density at radius 3 is 2.62 bits per heavy atom. The largest absolute Gasteiger partial charge is 0.476 e. The molecule has 2 aliphatic rings. The molecule has 1 atom stereocenters. The highest BCUT2D eigenvalue weighted by molar-refractivity contribution is 7.99. The second kappa shape index (κ2) is 9.93. The third-order valence-corrected chi connectivity index (χ3v) is 9.16. The average molecular weight is 495 g/mol. The molecule has 6 nitrogen and oxygen atoms in total. The van der Waals surface area contributed by atoms with Crippen molar-refractivity contribution in [2.24, 2.45) is 0 Å². The minimum Gasteiger partial charge on any atom is -0.476 e. The zero-order valence-electron chi connectivity index (χ0n) is 17.9. The van der Waals surface area contributed by atoms with Crippen LogP contribution in [0.5, 0.6) is 5.75 Å². The van der Waals surface area contributed by atoms with Gasteiger partial charge in [-0.1, -0.05) is 42.1 Å². The number of sulfonamides is 1. The van der Waals surface area contributed by atoms with E-state index in [9.17, 15) is 13.2 Å². The van der Waals surface area contributed by atoms with E-state index in [0.29, 0.717) is 28.3 Å². The molecule has 1 aliphatic heterocycles. The van der Waals surface area contributed by atoms with Crippen LogP contribution in [-0.2, 0) is 14.8 Å². The van der Waals surface area contributed by atoms with Gasteiger partial charge in [0.25, 0.3) is 15.9 Å². The summed E-state index contributed by atoms with van der Waals surface area (Å²) in [7, 11) is -3.90. The smallest absolute Gasteiger partial charge is 0.264 e. The third kappa shape index (κ3) is 5.18. The summed E-state index contributed by atoms with van der Waals surface area (Å²) in [4.78, 5) is 13.0. The molecule has 172 valence electrons. The van der Waals surface area contributed by atoms with Gasteiger partial charge in [0, 0.05) is 22.6 Å². The molecule has 1 N–H and O–H groups in total. The zero-order chi connectivity index (χ0) is 22.7. The Kier molecular flexibility index (Phi) is 7.22. The predicted octanol–water partition coefficient (Wildman–Crippen LogP) is 4.40. The number of aryl methyl sites for hydroxylation is 1. The number of rotatable bonds is 7. The number of hydrogen-bond acceptors (Lipinski definition) is 5. The van der Waals surface area contributed by atoms with Crippen molar-refractivity contribution in [3.63, 3.8) is 0 Å². The lowest BCUT2D eigenvalue weighted by atomic mass is 10.2. The van der Waals surface area contributed by atoms with E-state index in [1.165, 1.54) is 30.0 Å². The fourth-order valence-corrected chi connectivity index (χ4v) is 6.85. The van der Waals surface area contributed by atoms with Crippen molar-refractivity contribution >= 4 is 45.0 Å². The summed E-state index contributed by atoms with van der Waals surface area (Å²) in [5.74, 6) is 0.833. The standard InChI is InChI=1S/C23H27ClN2O4S2/c1-16-6-9-19(10-7-16)32(28,29)26-15-22(30-21-11-8-17(24)14-20(21)26)23(27)25-12-13-31-18-4-2-3-5-18/h6-11,14,18,22H,2-5,12-13,15H2,1H3,(H,25,27)/t22-/m1/s1. The maximum Gasteiger partial charge on any atom is 0.264 e. The van der Waals surface area contributed by atoms with Gasteiger partial charge in [-0.2, -0.15) is 11.8 Å². The van der Waals surface area contributed by atoms with Gasteiger partial charge in [-0.15, -0.1) is 0 Å². The molecule has 32 heavy (non-hydrogen) atoms. The van der Waals surface area contributed by atoms with Gasteiger partial charge < -0.3 is 10.1 Å². The van der Waals surface area contributed by atoms with Gasteiger partial charge in [-0.3, -0.25) is 9.10 Å². The summed E-state index contributed by atoms with van der Waals surface area (Å²) in [5, 5.41) is 3.98. The number of ether oxygens (including phenoxy) is 1. The van der Waals surface area contributed by atoms with Gasteiger partial charge >= 0.3 is 0 Å². The van der Waals surface area contributed by atoms with Gasteiger partial charge in [0.2, 0.25) is 0 Å². The van der Waals surface area contributed by atoms with Crippen LogP contribution in [0.15, 0.2) is 47.4 Å². The van der Waals surface area contributed by atoms with E-state index in [0.717, 1.165) is 11.3 Å². The Morgan fingerprint density at radius 2 is 1.91 bits per heavy atom. The molecule has 2 aromatic rings. The number of amides is 1. The van der Waals surface area contributed by atoms with Crippen molar-refractivity contribution in [1.82, 2.24) is 5.32 Å². The molecule has 9 heteroatoms. The molecule has 1 fully saturated rings. The van der Waals surface area contributed by atoms with Gasteiger partial charge in [0.05, 0.1) is 17.1 Å². The van der Waals surface area contributed by atoms with Crippen LogP contribution in [0.2, 0.25) is 5.02 Å². The first kappa shape index (κ1) is 23.3. The first-order valence-electron chi connectivity index (χ1n) is 10.8. The summed E-state index contributed by atoms with van der Waals surface area (Å²) in [6.45, 7) is 2.30. The minimum atomic E-state index is -3.90. The number of anilines is 1. The Balaban J connectivity index is 1.50. The van der Waals surface area contributed by atoms with Crippen LogP contribution < -0.4 is 14.4 Å². The van der Waals surface area contributed by atoms with Crippen LogP contribution in [0, 0.1) is 6.92 Å². The predicted molar refractivity (Wildman–Crippen MR) is 129 cm³/mol. The number of nitrogens with zero attached hydrogens (tertiary/aromatic N) is 1. The molecule has 0 bridgehead atoms. The summed E-state index contributed by atoms with van der Waals surface area (Å²) in [6.07, 6.45) is 4.12. The second-order valence-electron chi connectivity index (χ2n) is 8.14. The van der Waals surface area contributed by atoms with Crippen LogP contribution >= 0.6 is 23.4 Å². The first-order chi connectivity index (χ1) is 15.3. The Hall–Kier alpha value is -1.90. The number of halogens is 1. The SMILES string of the molecule is Cc1ccc(S(=O)(=O)N2C[C@H](C(=O)NCCSC3CCCC3)Oc3ccc(Cl)cc32)cc1. The Bertz CT molecular complexity index is 1070. The molecule has 0 saturated heterocycles. The summed E-state index contributed by atoms with van der Waals surface area (Å²) in [6, 6.07) is 11.4. The van der Waals surface area contributed by atoms with E-state index in [2.05, 4.69) is 5.32 Å². The molecule has 1 heterocycles. The van der Waals surface area contributed by atoms with Gasteiger partial charge in [0.15, 0.2) is 6.10 Å². The number of hydrogen-bond donors (Lipinski definition) is 1. The lowest BCUT2D eigenvalue weighted by Gasteiger charge is -2.35. The van der Waals surface area contributed by atoms with E-state index in [1.54, 1.807) is 42.5 Å². The topological polar surface area (TPSA) is 75.7 Å². The molecule has 1 amide bonds. The average Bonchev–Trinajstić information content (AvgIpc) is 3.29. The minimum absolute atomic E-state index is 0.120. The van der Waals surface area contributed by atoms with Gasteiger partial charge in [-0.25, -0.2) is 8.42 Å². The van der Waals surface area contributed by atoms with Crippen molar-refractivity contribution in [3.05, 3.63) is 53.1 Å². The third-order valence-electron chi connectivity index (χ3n) is 5.75.